The molecule has 0 unspecified atom stereocenters. The molecule has 2 aromatic rings. The second kappa shape index (κ2) is 6.49. The summed E-state index contributed by atoms with van der Waals surface area (Å²) in [6.45, 7) is 2.33. The first kappa shape index (κ1) is 14.5. The van der Waals surface area contributed by atoms with Crippen LogP contribution in [0, 0.1) is 0 Å². The molecule has 0 saturated carbocycles. The lowest BCUT2D eigenvalue weighted by Crippen LogP contribution is -2.23. The zero-order valence-electron chi connectivity index (χ0n) is 11.2. The standard InChI is InChI=1S/C12H15N5O2S/c1-3-13-11(19)9-4-5-10(16-15-9)20-12-14-6-8(7-18)17(12)2/h4-6,18H,3,7H2,1-2H3,(H,13,19). The van der Waals surface area contributed by atoms with Crippen LogP contribution < -0.4 is 5.32 Å². The van der Waals surface area contributed by atoms with Crippen molar-refractivity contribution >= 4 is 17.7 Å². The van der Waals surface area contributed by atoms with Gasteiger partial charge in [-0.2, -0.15) is 0 Å². The highest BCUT2D eigenvalue weighted by Gasteiger charge is 2.10. The first-order valence-electron chi connectivity index (χ1n) is 6.07. The topological polar surface area (TPSA) is 92.9 Å². The average molecular weight is 293 g/mol. The van der Waals surface area contributed by atoms with E-state index >= 15 is 0 Å². The SMILES string of the molecule is CCNC(=O)c1ccc(Sc2ncc(CO)n2C)nn1. The molecule has 0 bridgehead atoms. The number of hydrogen-bond donors (Lipinski definition) is 2. The highest BCUT2D eigenvalue weighted by atomic mass is 32.2. The van der Waals surface area contributed by atoms with Gasteiger partial charge in [0.2, 0.25) is 0 Å². The Bertz CT molecular complexity index is 596. The molecule has 0 aromatic carbocycles. The molecule has 0 fully saturated rings. The monoisotopic (exact) mass is 293 g/mol. The number of carbonyl (C=O) groups excluding carboxylic acids is 1. The molecule has 0 aliphatic heterocycles. The third kappa shape index (κ3) is 3.14. The molecule has 2 rings (SSSR count). The first-order chi connectivity index (χ1) is 9.65. The van der Waals surface area contributed by atoms with E-state index in [1.54, 1.807) is 22.9 Å². The fourth-order valence-electron chi connectivity index (χ4n) is 1.51. The molecule has 106 valence electrons. The van der Waals surface area contributed by atoms with Crippen LogP contribution in [0.3, 0.4) is 0 Å². The van der Waals surface area contributed by atoms with Crippen molar-refractivity contribution in [2.24, 2.45) is 7.05 Å². The number of carbonyl (C=O) groups is 1. The number of aliphatic hydroxyl groups is 1. The zero-order valence-corrected chi connectivity index (χ0v) is 12.0. The van der Waals surface area contributed by atoms with Crippen molar-refractivity contribution in [3.05, 3.63) is 29.7 Å². The number of nitrogens with zero attached hydrogens (tertiary/aromatic N) is 4. The van der Waals surface area contributed by atoms with Crippen molar-refractivity contribution in [3.8, 4) is 0 Å². The molecule has 2 aromatic heterocycles. The van der Waals surface area contributed by atoms with E-state index in [9.17, 15) is 4.79 Å². The average Bonchev–Trinajstić information content (AvgIpc) is 2.80. The quantitative estimate of drug-likeness (QED) is 0.838. The first-order valence-corrected chi connectivity index (χ1v) is 6.88. The Morgan fingerprint density at radius 3 is 2.80 bits per heavy atom. The summed E-state index contributed by atoms with van der Waals surface area (Å²) < 4.78 is 1.78. The fraction of sp³-hybridized carbons (Fsp3) is 0.333. The van der Waals surface area contributed by atoms with Crippen LogP contribution in [0.4, 0.5) is 0 Å². The van der Waals surface area contributed by atoms with E-state index < -0.39 is 0 Å². The summed E-state index contributed by atoms with van der Waals surface area (Å²) in [5, 5.41) is 21.0. The summed E-state index contributed by atoms with van der Waals surface area (Å²) in [6.07, 6.45) is 1.61. The Morgan fingerprint density at radius 1 is 1.45 bits per heavy atom. The van der Waals surface area contributed by atoms with Crippen LogP contribution in [-0.2, 0) is 13.7 Å². The van der Waals surface area contributed by atoms with Gasteiger partial charge in [-0.25, -0.2) is 4.98 Å². The van der Waals surface area contributed by atoms with Crippen molar-refractivity contribution in [2.45, 2.75) is 23.7 Å². The summed E-state index contributed by atoms with van der Waals surface area (Å²) in [5.74, 6) is -0.240. The molecular weight excluding hydrogens is 278 g/mol. The number of hydrogen-bond acceptors (Lipinski definition) is 6. The van der Waals surface area contributed by atoms with Crippen molar-refractivity contribution in [3.63, 3.8) is 0 Å². The van der Waals surface area contributed by atoms with Crippen LogP contribution in [0.25, 0.3) is 0 Å². The molecule has 0 spiro atoms. The van der Waals surface area contributed by atoms with Gasteiger partial charge in [0.1, 0.15) is 5.03 Å². The maximum atomic E-state index is 11.5. The molecule has 20 heavy (non-hydrogen) atoms. The van der Waals surface area contributed by atoms with E-state index in [0.29, 0.717) is 16.7 Å². The molecule has 2 heterocycles. The normalized spacial score (nSPS) is 10.6. The molecular formula is C12H15N5O2S. The minimum atomic E-state index is -0.240. The van der Waals surface area contributed by atoms with Crippen LogP contribution in [-0.4, -0.2) is 37.3 Å². The highest BCUT2D eigenvalue weighted by molar-refractivity contribution is 7.99. The summed E-state index contributed by atoms with van der Waals surface area (Å²) in [6, 6.07) is 3.34. The summed E-state index contributed by atoms with van der Waals surface area (Å²) >= 11 is 1.32. The van der Waals surface area contributed by atoms with Crippen LogP contribution in [0.2, 0.25) is 0 Å². The Hall–Kier alpha value is -1.93. The predicted molar refractivity (Wildman–Crippen MR) is 73.3 cm³/mol. The van der Waals surface area contributed by atoms with Gasteiger partial charge in [0.25, 0.3) is 5.91 Å². The molecule has 0 atom stereocenters. The van der Waals surface area contributed by atoms with Crippen LogP contribution >= 0.6 is 11.8 Å². The smallest absolute Gasteiger partial charge is 0.271 e. The molecule has 0 aliphatic carbocycles. The molecule has 7 nitrogen and oxygen atoms in total. The Morgan fingerprint density at radius 2 is 2.25 bits per heavy atom. The van der Waals surface area contributed by atoms with Gasteiger partial charge in [-0.3, -0.25) is 4.79 Å². The summed E-state index contributed by atoms with van der Waals surface area (Å²) in [4.78, 5) is 15.7. The van der Waals surface area contributed by atoms with Gasteiger partial charge in [0, 0.05) is 13.6 Å². The largest absolute Gasteiger partial charge is 0.390 e. The van der Waals surface area contributed by atoms with Crippen molar-refractivity contribution < 1.29 is 9.90 Å². The van der Waals surface area contributed by atoms with Crippen LogP contribution in [0.15, 0.2) is 28.5 Å². The molecule has 1 amide bonds. The van der Waals surface area contributed by atoms with E-state index in [2.05, 4.69) is 20.5 Å². The summed E-state index contributed by atoms with van der Waals surface area (Å²) in [7, 11) is 1.82. The number of nitrogens with one attached hydrogen (secondary N) is 1. The Labute approximate surface area is 120 Å². The molecule has 2 N–H and O–H groups in total. The predicted octanol–water partition coefficient (Wildman–Crippen LogP) is 0.603. The maximum Gasteiger partial charge on any atom is 0.271 e. The molecule has 0 aliphatic rings. The minimum Gasteiger partial charge on any atom is -0.390 e. The van der Waals surface area contributed by atoms with Gasteiger partial charge < -0.3 is 15.0 Å². The maximum absolute atomic E-state index is 11.5. The van der Waals surface area contributed by atoms with E-state index in [0.717, 1.165) is 5.69 Å². The second-order valence-electron chi connectivity index (χ2n) is 3.97. The number of aliphatic hydroxyl groups excluding tert-OH is 1. The van der Waals surface area contributed by atoms with Gasteiger partial charge in [-0.05, 0) is 30.8 Å². The Balaban J connectivity index is 2.10. The molecule has 8 heteroatoms. The van der Waals surface area contributed by atoms with Crippen LogP contribution in [0.5, 0.6) is 0 Å². The van der Waals surface area contributed by atoms with E-state index in [1.165, 1.54) is 11.8 Å². The van der Waals surface area contributed by atoms with E-state index in [-0.39, 0.29) is 18.2 Å². The lowest BCUT2D eigenvalue weighted by atomic mass is 10.4. The lowest BCUT2D eigenvalue weighted by Gasteiger charge is -2.04. The summed E-state index contributed by atoms with van der Waals surface area (Å²) in [5.41, 5.74) is 1.01. The van der Waals surface area contributed by atoms with Gasteiger partial charge in [-0.15, -0.1) is 10.2 Å². The fourth-order valence-corrected chi connectivity index (χ4v) is 2.27. The van der Waals surface area contributed by atoms with Gasteiger partial charge in [0.05, 0.1) is 18.5 Å². The van der Waals surface area contributed by atoms with Crippen molar-refractivity contribution in [2.75, 3.05) is 6.54 Å². The van der Waals surface area contributed by atoms with E-state index in [4.69, 9.17) is 5.11 Å². The van der Waals surface area contributed by atoms with Gasteiger partial charge in [0.15, 0.2) is 10.9 Å². The van der Waals surface area contributed by atoms with Crippen molar-refractivity contribution in [1.29, 1.82) is 0 Å². The molecule has 0 saturated heterocycles. The molecule has 0 radical (unpaired) electrons. The van der Waals surface area contributed by atoms with E-state index in [1.807, 2.05) is 14.0 Å². The second-order valence-corrected chi connectivity index (χ2v) is 4.96. The highest BCUT2D eigenvalue weighted by Crippen LogP contribution is 2.24. The number of imidazole rings is 1. The zero-order chi connectivity index (χ0) is 14.5. The number of amides is 1. The van der Waals surface area contributed by atoms with Gasteiger partial charge >= 0.3 is 0 Å². The third-order valence-electron chi connectivity index (χ3n) is 2.61. The number of aromatic nitrogens is 4. The van der Waals surface area contributed by atoms with Crippen molar-refractivity contribution in [1.82, 2.24) is 25.1 Å². The Kier molecular flexibility index (Phi) is 4.70. The van der Waals surface area contributed by atoms with Gasteiger partial charge in [-0.1, -0.05) is 0 Å². The lowest BCUT2D eigenvalue weighted by molar-refractivity contribution is 0.0949. The number of rotatable bonds is 5. The third-order valence-corrected chi connectivity index (χ3v) is 3.60. The minimum absolute atomic E-state index is 0.0636. The van der Waals surface area contributed by atoms with Crippen LogP contribution in [0.1, 0.15) is 23.1 Å².